The maximum atomic E-state index is 12.5. The average Bonchev–Trinajstić information content (AvgIpc) is 3.24. The third-order valence-electron chi connectivity index (χ3n) is 4.09. The molecular weight excluding hydrogens is 364 g/mol. The number of thiazole rings is 1. The third-order valence-corrected chi connectivity index (χ3v) is 4.87. The number of aromatic nitrogens is 5. The predicted molar refractivity (Wildman–Crippen MR) is 104 cm³/mol. The van der Waals surface area contributed by atoms with Crippen LogP contribution in [0, 0.1) is 6.92 Å². The molecule has 0 unspecified atom stereocenters. The van der Waals surface area contributed by atoms with Crippen LogP contribution < -0.4 is 10.9 Å². The molecule has 1 aromatic carbocycles. The molecule has 0 radical (unpaired) electrons. The van der Waals surface area contributed by atoms with E-state index in [9.17, 15) is 9.59 Å². The third kappa shape index (κ3) is 3.36. The van der Waals surface area contributed by atoms with Crippen LogP contribution in [-0.4, -0.2) is 30.2 Å². The molecule has 4 rings (SSSR count). The molecule has 3 heterocycles. The van der Waals surface area contributed by atoms with Gasteiger partial charge in [-0.1, -0.05) is 12.1 Å². The molecule has 0 saturated heterocycles. The van der Waals surface area contributed by atoms with E-state index in [-0.39, 0.29) is 18.0 Å². The van der Waals surface area contributed by atoms with Gasteiger partial charge in [0.2, 0.25) is 5.91 Å². The van der Waals surface area contributed by atoms with Gasteiger partial charge in [0.15, 0.2) is 5.65 Å². The molecular formula is C18H16N6O2S. The number of carbonyl (C=O) groups is 1. The highest BCUT2D eigenvalue weighted by atomic mass is 32.1. The second-order valence-electron chi connectivity index (χ2n) is 6.06. The molecule has 3 aromatic heterocycles. The van der Waals surface area contributed by atoms with Crippen molar-refractivity contribution < 1.29 is 4.79 Å². The largest absolute Gasteiger partial charge is 0.325 e. The van der Waals surface area contributed by atoms with Gasteiger partial charge >= 0.3 is 0 Å². The van der Waals surface area contributed by atoms with Crippen LogP contribution in [0.15, 0.2) is 47.0 Å². The molecule has 1 amide bonds. The van der Waals surface area contributed by atoms with Crippen molar-refractivity contribution in [1.29, 1.82) is 0 Å². The van der Waals surface area contributed by atoms with Gasteiger partial charge in [0.1, 0.15) is 18.3 Å². The van der Waals surface area contributed by atoms with Gasteiger partial charge in [0, 0.05) is 23.7 Å². The summed E-state index contributed by atoms with van der Waals surface area (Å²) in [5.74, 6) is -0.311. The van der Waals surface area contributed by atoms with Gasteiger partial charge in [0.25, 0.3) is 5.56 Å². The smallest absolute Gasteiger partial charge is 0.264 e. The fourth-order valence-electron chi connectivity index (χ4n) is 2.79. The number of hydrogen-bond donors (Lipinski definition) is 1. The Hall–Kier alpha value is -3.33. The number of rotatable bonds is 4. The molecule has 0 spiro atoms. The van der Waals surface area contributed by atoms with Gasteiger partial charge in [-0.15, -0.1) is 11.3 Å². The monoisotopic (exact) mass is 380 g/mol. The van der Waals surface area contributed by atoms with Crippen LogP contribution in [0.25, 0.3) is 22.3 Å². The second-order valence-corrected chi connectivity index (χ2v) is 7.13. The highest BCUT2D eigenvalue weighted by Crippen LogP contribution is 2.24. The van der Waals surface area contributed by atoms with Gasteiger partial charge in [0.05, 0.1) is 16.9 Å². The molecule has 0 fully saturated rings. The first-order valence-electron chi connectivity index (χ1n) is 8.21. The van der Waals surface area contributed by atoms with Crippen molar-refractivity contribution >= 4 is 34.0 Å². The lowest BCUT2D eigenvalue weighted by Gasteiger charge is -2.08. The number of carbonyl (C=O) groups excluding carboxylic acids is 1. The first-order valence-corrected chi connectivity index (χ1v) is 9.09. The standard InChI is InChI=1S/C18H16N6O2S/c1-11-21-15(9-27-11)12-4-3-5-13(6-12)22-16(25)8-24-10-19-17-14(18(24)26)7-20-23(17)2/h3-7,9-10H,8H2,1-2H3,(H,22,25). The Bertz CT molecular complexity index is 1210. The zero-order valence-electron chi connectivity index (χ0n) is 14.7. The van der Waals surface area contributed by atoms with Crippen molar-refractivity contribution in [3.8, 4) is 11.3 Å². The van der Waals surface area contributed by atoms with Gasteiger partial charge in [-0.05, 0) is 19.1 Å². The molecule has 27 heavy (non-hydrogen) atoms. The zero-order chi connectivity index (χ0) is 19.0. The van der Waals surface area contributed by atoms with Gasteiger partial charge in [-0.3, -0.25) is 18.8 Å². The predicted octanol–water partition coefficient (Wildman–Crippen LogP) is 2.20. The normalized spacial score (nSPS) is 11.0. The molecule has 9 heteroatoms. The molecule has 1 N–H and O–H groups in total. The minimum atomic E-state index is -0.311. The number of hydrogen-bond acceptors (Lipinski definition) is 6. The Balaban J connectivity index is 1.53. The van der Waals surface area contributed by atoms with E-state index in [0.29, 0.717) is 16.7 Å². The summed E-state index contributed by atoms with van der Waals surface area (Å²) in [6.07, 6.45) is 2.82. The van der Waals surface area contributed by atoms with Crippen molar-refractivity contribution in [1.82, 2.24) is 24.3 Å². The summed E-state index contributed by atoms with van der Waals surface area (Å²) >= 11 is 1.57. The molecule has 0 saturated carbocycles. The summed E-state index contributed by atoms with van der Waals surface area (Å²) in [5.41, 5.74) is 2.63. The Kier molecular flexibility index (Phi) is 4.28. The molecule has 0 aliphatic rings. The van der Waals surface area contributed by atoms with E-state index in [1.54, 1.807) is 24.5 Å². The fourth-order valence-corrected chi connectivity index (χ4v) is 3.41. The molecule has 0 bridgehead atoms. The van der Waals surface area contributed by atoms with E-state index >= 15 is 0 Å². The molecule has 136 valence electrons. The van der Waals surface area contributed by atoms with Crippen LogP contribution in [0.2, 0.25) is 0 Å². The van der Waals surface area contributed by atoms with Crippen LogP contribution in [0.4, 0.5) is 5.69 Å². The lowest BCUT2D eigenvalue weighted by molar-refractivity contribution is -0.116. The molecule has 0 aliphatic carbocycles. The number of benzene rings is 1. The van der Waals surface area contributed by atoms with Crippen molar-refractivity contribution in [2.75, 3.05) is 5.32 Å². The summed E-state index contributed by atoms with van der Waals surface area (Å²) in [6, 6.07) is 7.45. The van der Waals surface area contributed by atoms with Crippen LogP contribution in [0.3, 0.4) is 0 Å². The van der Waals surface area contributed by atoms with Crippen LogP contribution >= 0.6 is 11.3 Å². The maximum absolute atomic E-state index is 12.5. The summed E-state index contributed by atoms with van der Waals surface area (Å²) in [4.78, 5) is 33.5. The quantitative estimate of drug-likeness (QED) is 0.586. The second kappa shape index (κ2) is 6.76. The summed E-state index contributed by atoms with van der Waals surface area (Å²) in [6.45, 7) is 1.82. The van der Waals surface area contributed by atoms with Crippen LogP contribution in [0.1, 0.15) is 5.01 Å². The van der Waals surface area contributed by atoms with E-state index in [1.807, 2.05) is 30.5 Å². The van der Waals surface area contributed by atoms with Crippen LogP contribution in [0.5, 0.6) is 0 Å². The average molecular weight is 380 g/mol. The maximum Gasteiger partial charge on any atom is 0.264 e. The number of anilines is 1. The Morgan fingerprint density at radius 1 is 1.33 bits per heavy atom. The minimum Gasteiger partial charge on any atom is -0.325 e. The number of amides is 1. The number of nitrogens with one attached hydrogen (secondary N) is 1. The molecule has 8 nitrogen and oxygen atoms in total. The molecule has 0 atom stereocenters. The SMILES string of the molecule is Cc1nc(-c2cccc(NC(=O)Cn3cnc4c(cnn4C)c3=O)c2)cs1. The van der Waals surface area contributed by atoms with Crippen molar-refractivity contribution in [3.63, 3.8) is 0 Å². The Labute approximate surface area is 158 Å². The Morgan fingerprint density at radius 3 is 2.96 bits per heavy atom. The van der Waals surface area contributed by atoms with Crippen molar-refractivity contribution in [2.24, 2.45) is 7.05 Å². The first kappa shape index (κ1) is 17.1. The lowest BCUT2D eigenvalue weighted by atomic mass is 10.1. The summed E-state index contributed by atoms with van der Waals surface area (Å²) in [5, 5.41) is 10.2. The zero-order valence-corrected chi connectivity index (χ0v) is 15.5. The van der Waals surface area contributed by atoms with E-state index in [4.69, 9.17) is 0 Å². The van der Waals surface area contributed by atoms with E-state index in [0.717, 1.165) is 16.3 Å². The van der Waals surface area contributed by atoms with Crippen molar-refractivity contribution in [3.05, 3.63) is 57.5 Å². The lowest BCUT2D eigenvalue weighted by Crippen LogP contribution is -2.27. The minimum absolute atomic E-state index is 0.128. The van der Waals surface area contributed by atoms with Crippen LogP contribution in [-0.2, 0) is 18.4 Å². The van der Waals surface area contributed by atoms with Crippen molar-refractivity contribution in [2.45, 2.75) is 13.5 Å². The summed E-state index contributed by atoms with van der Waals surface area (Å²) < 4.78 is 2.79. The summed E-state index contributed by atoms with van der Waals surface area (Å²) in [7, 11) is 1.71. The highest BCUT2D eigenvalue weighted by molar-refractivity contribution is 7.09. The van der Waals surface area contributed by atoms with Gasteiger partial charge in [-0.25, -0.2) is 9.97 Å². The van der Waals surface area contributed by atoms with E-state index < -0.39 is 0 Å². The van der Waals surface area contributed by atoms with Gasteiger partial charge in [-0.2, -0.15) is 5.10 Å². The number of nitrogens with zero attached hydrogens (tertiary/aromatic N) is 5. The number of fused-ring (bicyclic) bond motifs is 1. The Morgan fingerprint density at radius 2 is 2.19 bits per heavy atom. The number of aryl methyl sites for hydroxylation is 2. The fraction of sp³-hybridized carbons (Fsp3) is 0.167. The molecule has 0 aliphatic heterocycles. The first-order chi connectivity index (χ1) is 13.0. The van der Waals surface area contributed by atoms with E-state index in [2.05, 4.69) is 20.4 Å². The highest BCUT2D eigenvalue weighted by Gasteiger charge is 2.11. The molecule has 4 aromatic rings. The van der Waals surface area contributed by atoms with E-state index in [1.165, 1.54) is 21.8 Å². The topological polar surface area (TPSA) is 94.7 Å². The van der Waals surface area contributed by atoms with Gasteiger partial charge < -0.3 is 5.32 Å².